The first kappa shape index (κ1) is 20.6. The number of hydrogen-bond donors (Lipinski definition) is 2. The van der Waals surface area contributed by atoms with Crippen molar-refractivity contribution in [2.75, 3.05) is 38.0 Å². The number of urea groups is 1. The van der Waals surface area contributed by atoms with Crippen molar-refractivity contribution in [3.05, 3.63) is 46.9 Å². The van der Waals surface area contributed by atoms with E-state index in [4.69, 9.17) is 9.47 Å². The molecule has 0 aliphatic heterocycles. The standard InChI is InChI=1S/C19H22BrN3O4/c1-23(15-8-9-16(26-2)17(12-15)27-3)18(24)10-11-21-19(25)22-14-6-4-13(20)5-7-14/h4-9,12H,10-11H2,1-3H3,(H2,21,22,25). The zero-order chi connectivity index (χ0) is 19.8. The molecule has 0 bridgehead atoms. The van der Waals surface area contributed by atoms with E-state index in [-0.39, 0.29) is 24.9 Å². The molecule has 2 rings (SSSR count). The number of nitrogens with zero attached hydrogens (tertiary/aromatic N) is 1. The normalized spacial score (nSPS) is 10.1. The maximum Gasteiger partial charge on any atom is 0.319 e. The highest BCUT2D eigenvalue weighted by Crippen LogP contribution is 2.31. The summed E-state index contributed by atoms with van der Waals surface area (Å²) in [6.07, 6.45) is 0.165. The SMILES string of the molecule is COc1ccc(N(C)C(=O)CCNC(=O)Nc2ccc(Br)cc2)cc1OC. The van der Waals surface area contributed by atoms with Gasteiger partial charge in [-0.15, -0.1) is 0 Å². The van der Waals surface area contributed by atoms with Crippen LogP contribution in [0, 0.1) is 0 Å². The van der Waals surface area contributed by atoms with E-state index in [1.807, 2.05) is 12.1 Å². The van der Waals surface area contributed by atoms with Crippen LogP contribution in [0.25, 0.3) is 0 Å². The van der Waals surface area contributed by atoms with Gasteiger partial charge < -0.3 is 25.0 Å². The van der Waals surface area contributed by atoms with Gasteiger partial charge in [-0.3, -0.25) is 4.79 Å². The molecule has 144 valence electrons. The Morgan fingerprint density at radius 3 is 2.33 bits per heavy atom. The second-order valence-corrected chi connectivity index (χ2v) is 6.55. The molecule has 3 amide bonds. The second-order valence-electron chi connectivity index (χ2n) is 5.63. The highest BCUT2D eigenvalue weighted by Gasteiger charge is 2.14. The molecule has 7 nitrogen and oxygen atoms in total. The fraction of sp³-hybridized carbons (Fsp3) is 0.263. The minimum atomic E-state index is -0.362. The predicted octanol–water partition coefficient (Wildman–Crippen LogP) is 3.64. The van der Waals surface area contributed by atoms with Gasteiger partial charge in [-0.05, 0) is 36.4 Å². The number of carbonyl (C=O) groups excluding carboxylic acids is 2. The topological polar surface area (TPSA) is 79.9 Å². The average molecular weight is 436 g/mol. The van der Waals surface area contributed by atoms with Crippen molar-refractivity contribution < 1.29 is 19.1 Å². The maximum absolute atomic E-state index is 12.4. The molecule has 0 saturated heterocycles. The van der Waals surface area contributed by atoms with Crippen LogP contribution >= 0.6 is 15.9 Å². The Hall–Kier alpha value is -2.74. The van der Waals surface area contributed by atoms with Crippen LogP contribution in [-0.4, -0.2) is 39.8 Å². The van der Waals surface area contributed by atoms with Crippen molar-refractivity contribution in [1.29, 1.82) is 0 Å². The first-order valence-corrected chi connectivity index (χ1v) is 9.03. The van der Waals surface area contributed by atoms with Gasteiger partial charge in [0.1, 0.15) is 0 Å². The summed E-state index contributed by atoms with van der Waals surface area (Å²) in [4.78, 5) is 25.7. The minimum Gasteiger partial charge on any atom is -0.493 e. The Bertz CT molecular complexity index is 796. The Morgan fingerprint density at radius 2 is 1.70 bits per heavy atom. The maximum atomic E-state index is 12.4. The summed E-state index contributed by atoms with van der Waals surface area (Å²) in [7, 11) is 4.76. The fourth-order valence-electron chi connectivity index (χ4n) is 2.34. The Kier molecular flexibility index (Phi) is 7.48. The summed E-state index contributed by atoms with van der Waals surface area (Å²) >= 11 is 3.33. The van der Waals surface area contributed by atoms with Crippen LogP contribution in [0.5, 0.6) is 11.5 Å². The quantitative estimate of drug-likeness (QED) is 0.695. The van der Waals surface area contributed by atoms with E-state index >= 15 is 0 Å². The predicted molar refractivity (Wildman–Crippen MR) is 109 cm³/mol. The van der Waals surface area contributed by atoms with Crippen molar-refractivity contribution in [2.45, 2.75) is 6.42 Å². The van der Waals surface area contributed by atoms with Crippen LogP contribution < -0.4 is 25.0 Å². The molecule has 0 unspecified atom stereocenters. The van der Waals surface area contributed by atoms with Gasteiger partial charge in [0.25, 0.3) is 0 Å². The third-order valence-electron chi connectivity index (χ3n) is 3.86. The number of halogens is 1. The van der Waals surface area contributed by atoms with Crippen LogP contribution in [0.4, 0.5) is 16.2 Å². The summed E-state index contributed by atoms with van der Waals surface area (Å²) in [5, 5.41) is 5.38. The van der Waals surface area contributed by atoms with Gasteiger partial charge in [0.15, 0.2) is 11.5 Å². The molecule has 0 heterocycles. The van der Waals surface area contributed by atoms with Crippen molar-refractivity contribution >= 4 is 39.2 Å². The lowest BCUT2D eigenvalue weighted by Gasteiger charge is -2.19. The molecule has 0 atom stereocenters. The molecule has 0 radical (unpaired) electrons. The highest BCUT2D eigenvalue weighted by atomic mass is 79.9. The molecule has 27 heavy (non-hydrogen) atoms. The van der Waals surface area contributed by atoms with Crippen molar-refractivity contribution in [1.82, 2.24) is 5.32 Å². The van der Waals surface area contributed by atoms with Crippen molar-refractivity contribution in [2.24, 2.45) is 0 Å². The fourth-order valence-corrected chi connectivity index (χ4v) is 2.60. The summed E-state index contributed by atoms with van der Waals surface area (Å²) in [6, 6.07) is 12.1. The Labute approximate surface area is 166 Å². The van der Waals surface area contributed by atoms with E-state index in [1.54, 1.807) is 44.5 Å². The van der Waals surface area contributed by atoms with Crippen LogP contribution in [0.3, 0.4) is 0 Å². The molecule has 2 aromatic carbocycles. The molecule has 0 aromatic heterocycles. The number of methoxy groups -OCH3 is 2. The number of hydrogen-bond acceptors (Lipinski definition) is 4. The van der Waals surface area contributed by atoms with Crippen LogP contribution in [-0.2, 0) is 4.79 Å². The third-order valence-corrected chi connectivity index (χ3v) is 4.38. The minimum absolute atomic E-state index is 0.133. The van der Waals surface area contributed by atoms with Crippen LogP contribution in [0.1, 0.15) is 6.42 Å². The molecule has 0 saturated carbocycles. The lowest BCUT2D eigenvalue weighted by molar-refractivity contribution is -0.118. The van der Waals surface area contributed by atoms with Gasteiger partial charge in [-0.1, -0.05) is 15.9 Å². The third kappa shape index (κ3) is 5.89. The molecule has 0 aliphatic rings. The van der Waals surface area contributed by atoms with Crippen LogP contribution in [0.2, 0.25) is 0 Å². The monoisotopic (exact) mass is 435 g/mol. The molecule has 8 heteroatoms. The molecule has 2 aromatic rings. The molecule has 0 aliphatic carbocycles. The first-order chi connectivity index (χ1) is 12.9. The number of nitrogens with one attached hydrogen (secondary N) is 2. The summed E-state index contributed by atoms with van der Waals surface area (Å²) in [6.45, 7) is 0.221. The van der Waals surface area contributed by atoms with Gasteiger partial charge in [0.2, 0.25) is 5.91 Å². The van der Waals surface area contributed by atoms with E-state index in [2.05, 4.69) is 26.6 Å². The van der Waals surface area contributed by atoms with Gasteiger partial charge in [0.05, 0.1) is 14.2 Å². The van der Waals surface area contributed by atoms with E-state index in [1.165, 1.54) is 12.0 Å². The molecular formula is C19H22BrN3O4. The number of amides is 3. The van der Waals surface area contributed by atoms with Crippen molar-refractivity contribution in [3.63, 3.8) is 0 Å². The number of rotatable bonds is 7. The molecule has 2 N–H and O–H groups in total. The highest BCUT2D eigenvalue weighted by molar-refractivity contribution is 9.10. The summed E-state index contributed by atoms with van der Waals surface area (Å²) in [5.74, 6) is 1.00. The lowest BCUT2D eigenvalue weighted by atomic mass is 10.2. The number of ether oxygens (including phenoxy) is 2. The second kappa shape index (κ2) is 9.82. The first-order valence-electron chi connectivity index (χ1n) is 8.23. The number of carbonyl (C=O) groups is 2. The molecule has 0 fully saturated rings. The zero-order valence-electron chi connectivity index (χ0n) is 15.4. The molecule has 0 spiro atoms. The van der Waals surface area contributed by atoms with Gasteiger partial charge in [-0.25, -0.2) is 4.79 Å². The van der Waals surface area contributed by atoms with Gasteiger partial charge in [-0.2, -0.15) is 0 Å². The van der Waals surface area contributed by atoms with Gasteiger partial charge >= 0.3 is 6.03 Å². The van der Waals surface area contributed by atoms with Crippen molar-refractivity contribution in [3.8, 4) is 11.5 Å². The Morgan fingerprint density at radius 1 is 1.04 bits per heavy atom. The summed E-state index contributed by atoms with van der Waals surface area (Å²) < 4.78 is 11.4. The Balaban J connectivity index is 1.84. The van der Waals surface area contributed by atoms with E-state index in [0.717, 1.165) is 4.47 Å². The average Bonchev–Trinajstić information content (AvgIpc) is 2.68. The molecular weight excluding hydrogens is 414 g/mol. The largest absolute Gasteiger partial charge is 0.493 e. The van der Waals surface area contributed by atoms with Crippen LogP contribution in [0.15, 0.2) is 46.9 Å². The zero-order valence-corrected chi connectivity index (χ0v) is 17.0. The summed E-state index contributed by atoms with van der Waals surface area (Å²) in [5.41, 5.74) is 1.35. The number of benzene rings is 2. The smallest absolute Gasteiger partial charge is 0.319 e. The van der Waals surface area contributed by atoms with E-state index < -0.39 is 0 Å². The van der Waals surface area contributed by atoms with E-state index in [9.17, 15) is 9.59 Å². The van der Waals surface area contributed by atoms with E-state index in [0.29, 0.717) is 22.9 Å². The van der Waals surface area contributed by atoms with Gasteiger partial charge in [0, 0.05) is 41.9 Å². The number of anilines is 2. The lowest BCUT2D eigenvalue weighted by Crippen LogP contribution is -2.34.